The maximum atomic E-state index is 12.7. The molecule has 0 bridgehead atoms. The Bertz CT molecular complexity index is 441. The summed E-state index contributed by atoms with van der Waals surface area (Å²) in [5, 5.41) is 3.25. The van der Waals surface area contributed by atoms with Crippen LogP contribution in [0.15, 0.2) is 18.2 Å². The number of methoxy groups -OCH3 is 2. The summed E-state index contributed by atoms with van der Waals surface area (Å²) in [7, 11) is 3.27. The molecule has 5 nitrogen and oxygen atoms in total. The molecule has 0 radical (unpaired) electrons. The van der Waals surface area contributed by atoms with E-state index in [1.807, 2.05) is 32.0 Å². The van der Waals surface area contributed by atoms with Crippen molar-refractivity contribution in [2.75, 3.05) is 52.4 Å². The van der Waals surface area contributed by atoms with Crippen molar-refractivity contribution in [3.05, 3.63) is 29.3 Å². The third-order valence-corrected chi connectivity index (χ3v) is 3.19. The van der Waals surface area contributed by atoms with E-state index in [4.69, 9.17) is 9.47 Å². The first-order chi connectivity index (χ1) is 10.1. The van der Waals surface area contributed by atoms with Crippen LogP contribution < -0.4 is 5.32 Å². The molecule has 0 aliphatic rings. The van der Waals surface area contributed by atoms with E-state index >= 15 is 0 Å². The molecule has 0 unspecified atom stereocenters. The topological polar surface area (TPSA) is 50.8 Å². The highest BCUT2D eigenvalue weighted by Gasteiger charge is 2.18. The lowest BCUT2D eigenvalue weighted by molar-refractivity contribution is 0.0628. The van der Waals surface area contributed by atoms with Crippen molar-refractivity contribution in [1.29, 1.82) is 0 Å². The van der Waals surface area contributed by atoms with Gasteiger partial charge in [-0.15, -0.1) is 0 Å². The minimum Gasteiger partial charge on any atom is -0.385 e. The van der Waals surface area contributed by atoms with Crippen molar-refractivity contribution in [3.8, 4) is 0 Å². The van der Waals surface area contributed by atoms with Gasteiger partial charge in [-0.25, -0.2) is 0 Å². The predicted octanol–water partition coefficient (Wildman–Crippen LogP) is 2.16. The van der Waals surface area contributed by atoms with E-state index in [1.165, 1.54) is 0 Å². The Labute approximate surface area is 127 Å². The van der Waals surface area contributed by atoms with Gasteiger partial charge in [0.1, 0.15) is 0 Å². The monoisotopic (exact) mass is 294 g/mol. The summed E-state index contributed by atoms with van der Waals surface area (Å²) in [6.07, 6.45) is 0. The Morgan fingerprint density at radius 3 is 2.33 bits per heavy atom. The predicted molar refractivity (Wildman–Crippen MR) is 85.0 cm³/mol. The van der Waals surface area contributed by atoms with Gasteiger partial charge >= 0.3 is 0 Å². The van der Waals surface area contributed by atoms with E-state index < -0.39 is 0 Å². The first-order valence-corrected chi connectivity index (χ1v) is 7.25. The number of hydrogen-bond acceptors (Lipinski definition) is 4. The average molecular weight is 294 g/mol. The molecule has 5 heteroatoms. The number of benzene rings is 1. The third kappa shape index (κ3) is 5.36. The van der Waals surface area contributed by atoms with E-state index in [2.05, 4.69) is 5.32 Å². The van der Waals surface area contributed by atoms with Crippen molar-refractivity contribution in [3.63, 3.8) is 0 Å². The third-order valence-electron chi connectivity index (χ3n) is 3.19. The summed E-state index contributed by atoms with van der Waals surface area (Å²) in [5.41, 5.74) is 2.69. The zero-order chi connectivity index (χ0) is 15.7. The van der Waals surface area contributed by atoms with Gasteiger partial charge < -0.3 is 19.7 Å². The highest BCUT2D eigenvalue weighted by atomic mass is 16.5. The molecule has 1 N–H and O–H groups in total. The van der Waals surface area contributed by atoms with E-state index in [9.17, 15) is 4.79 Å². The van der Waals surface area contributed by atoms with Crippen LogP contribution in [-0.4, -0.2) is 57.9 Å². The summed E-state index contributed by atoms with van der Waals surface area (Å²) in [6.45, 7) is 6.94. The van der Waals surface area contributed by atoms with E-state index in [0.717, 1.165) is 17.8 Å². The largest absolute Gasteiger partial charge is 0.385 e. The molecule has 0 fully saturated rings. The minimum atomic E-state index is 0.0000463. The minimum absolute atomic E-state index is 0.0000463. The van der Waals surface area contributed by atoms with Crippen LogP contribution in [0, 0.1) is 6.92 Å². The average Bonchev–Trinajstić information content (AvgIpc) is 2.47. The Hall–Kier alpha value is -1.59. The Morgan fingerprint density at radius 2 is 1.81 bits per heavy atom. The molecule has 1 aromatic rings. The number of hydrogen-bond donors (Lipinski definition) is 1. The van der Waals surface area contributed by atoms with E-state index in [0.29, 0.717) is 31.9 Å². The number of carbonyl (C=O) groups excluding carboxylic acids is 1. The SMILES string of the molecule is CCNc1cc(C)ccc1C(=O)N(CCOC)CCOC. The number of ether oxygens (including phenoxy) is 2. The molecule has 0 saturated heterocycles. The Balaban J connectivity index is 2.95. The van der Waals surface area contributed by atoms with Crippen molar-refractivity contribution in [1.82, 2.24) is 4.90 Å². The smallest absolute Gasteiger partial charge is 0.256 e. The molecule has 118 valence electrons. The van der Waals surface area contributed by atoms with Gasteiger partial charge in [0, 0.05) is 39.5 Å². The van der Waals surface area contributed by atoms with Gasteiger partial charge in [-0.05, 0) is 31.5 Å². The van der Waals surface area contributed by atoms with Crippen LogP contribution in [0.1, 0.15) is 22.8 Å². The number of nitrogens with zero attached hydrogens (tertiary/aromatic N) is 1. The number of aryl methyl sites for hydroxylation is 1. The number of rotatable bonds is 9. The van der Waals surface area contributed by atoms with Crippen molar-refractivity contribution in [2.45, 2.75) is 13.8 Å². The fourth-order valence-corrected chi connectivity index (χ4v) is 2.07. The van der Waals surface area contributed by atoms with Crippen LogP contribution in [0.4, 0.5) is 5.69 Å². The quantitative estimate of drug-likeness (QED) is 0.758. The lowest BCUT2D eigenvalue weighted by atomic mass is 10.1. The number of anilines is 1. The summed E-state index contributed by atoms with van der Waals surface area (Å²) in [6, 6.07) is 5.84. The first kappa shape index (κ1) is 17.5. The van der Waals surface area contributed by atoms with Crippen LogP contribution >= 0.6 is 0 Å². The standard InChI is InChI=1S/C16H26N2O3/c1-5-17-15-12-13(2)6-7-14(15)16(19)18(8-10-20-3)9-11-21-4/h6-7,12,17H,5,8-11H2,1-4H3. The summed E-state index contributed by atoms with van der Waals surface area (Å²) in [4.78, 5) is 14.5. The second-order valence-electron chi connectivity index (χ2n) is 4.86. The molecule has 0 atom stereocenters. The van der Waals surface area contributed by atoms with Crippen LogP contribution in [0.2, 0.25) is 0 Å². The molecule has 1 aromatic carbocycles. The molecular formula is C16H26N2O3. The molecule has 0 aliphatic carbocycles. The zero-order valence-corrected chi connectivity index (χ0v) is 13.4. The number of nitrogens with one attached hydrogen (secondary N) is 1. The van der Waals surface area contributed by atoms with Gasteiger partial charge in [0.2, 0.25) is 0 Å². The van der Waals surface area contributed by atoms with Crippen molar-refractivity contribution >= 4 is 11.6 Å². The van der Waals surface area contributed by atoms with Crippen LogP contribution in [0.5, 0.6) is 0 Å². The van der Waals surface area contributed by atoms with E-state index in [-0.39, 0.29) is 5.91 Å². The molecular weight excluding hydrogens is 268 g/mol. The molecule has 0 spiro atoms. The van der Waals surface area contributed by atoms with Crippen LogP contribution in [0.25, 0.3) is 0 Å². The van der Waals surface area contributed by atoms with Gasteiger partial charge in [-0.2, -0.15) is 0 Å². The first-order valence-electron chi connectivity index (χ1n) is 7.25. The second kappa shape index (κ2) is 9.37. The molecule has 1 amide bonds. The van der Waals surface area contributed by atoms with Gasteiger partial charge in [0.25, 0.3) is 5.91 Å². The van der Waals surface area contributed by atoms with Gasteiger partial charge in [0.05, 0.1) is 18.8 Å². The van der Waals surface area contributed by atoms with Gasteiger partial charge in [-0.3, -0.25) is 4.79 Å². The molecule has 0 heterocycles. The van der Waals surface area contributed by atoms with Gasteiger partial charge in [-0.1, -0.05) is 6.07 Å². The Kier molecular flexibility index (Phi) is 7.79. The highest BCUT2D eigenvalue weighted by Crippen LogP contribution is 2.19. The van der Waals surface area contributed by atoms with Crippen molar-refractivity contribution in [2.24, 2.45) is 0 Å². The summed E-state index contributed by atoms with van der Waals surface area (Å²) < 4.78 is 10.2. The molecule has 0 aliphatic heterocycles. The summed E-state index contributed by atoms with van der Waals surface area (Å²) >= 11 is 0. The molecule has 0 saturated carbocycles. The summed E-state index contributed by atoms with van der Waals surface area (Å²) in [5.74, 6) is 0.0000463. The Morgan fingerprint density at radius 1 is 1.19 bits per heavy atom. The van der Waals surface area contributed by atoms with Crippen LogP contribution in [0.3, 0.4) is 0 Å². The number of carbonyl (C=O) groups is 1. The second-order valence-corrected chi connectivity index (χ2v) is 4.86. The lowest BCUT2D eigenvalue weighted by Crippen LogP contribution is -2.36. The highest BCUT2D eigenvalue weighted by molar-refractivity contribution is 5.99. The van der Waals surface area contributed by atoms with Gasteiger partial charge in [0.15, 0.2) is 0 Å². The fourth-order valence-electron chi connectivity index (χ4n) is 2.07. The van der Waals surface area contributed by atoms with E-state index in [1.54, 1.807) is 19.1 Å². The van der Waals surface area contributed by atoms with Crippen LogP contribution in [-0.2, 0) is 9.47 Å². The lowest BCUT2D eigenvalue weighted by Gasteiger charge is -2.23. The molecule has 21 heavy (non-hydrogen) atoms. The molecule has 0 aromatic heterocycles. The fraction of sp³-hybridized carbons (Fsp3) is 0.562. The number of amides is 1. The maximum absolute atomic E-state index is 12.7. The maximum Gasteiger partial charge on any atom is 0.256 e. The molecule has 1 rings (SSSR count). The van der Waals surface area contributed by atoms with Crippen molar-refractivity contribution < 1.29 is 14.3 Å². The zero-order valence-electron chi connectivity index (χ0n) is 13.4. The normalized spacial score (nSPS) is 10.5.